The van der Waals surface area contributed by atoms with Gasteiger partial charge in [-0.1, -0.05) is 52.9 Å². The zero-order valence-corrected chi connectivity index (χ0v) is 13.9. The number of ether oxygens (including phenoxy) is 1. The molecule has 0 heterocycles. The fraction of sp³-hybridized carbons (Fsp3) is 1.00. The van der Waals surface area contributed by atoms with Crippen molar-refractivity contribution in [1.29, 1.82) is 0 Å². The van der Waals surface area contributed by atoms with Gasteiger partial charge in [-0.25, -0.2) is 0 Å². The summed E-state index contributed by atoms with van der Waals surface area (Å²) in [5.41, 5.74) is 0.124. The van der Waals surface area contributed by atoms with Crippen LogP contribution in [0.2, 0.25) is 0 Å². The number of hydrogen-bond acceptors (Lipinski definition) is 2. The minimum atomic E-state index is 0.124. The second-order valence-electron chi connectivity index (χ2n) is 7.74. The summed E-state index contributed by atoms with van der Waals surface area (Å²) in [6.45, 7) is 8.92. The van der Waals surface area contributed by atoms with Crippen LogP contribution in [-0.4, -0.2) is 24.8 Å². The van der Waals surface area contributed by atoms with Crippen LogP contribution in [0.4, 0.5) is 0 Å². The number of nitrogens with one attached hydrogen (secondary N) is 1. The van der Waals surface area contributed by atoms with E-state index < -0.39 is 0 Å². The molecule has 2 rings (SSSR count). The minimum absolute atomic E-state index is 0.124. The molecule has 0 aromatic rings. The van der Waals surface area contributed by atoms with Gasteiger partial charge < -0.3 is 10.1 Å². The fourth-order valence-electron chi connectivity index (χ4n) is 3.99. The average molecular weight is 281 g/mol. The predicted molar refractivity (Wildman–Crippen MR) is 86.0 cm³/mol. The van der Waals surface area contributed by atoms with Gasteiger partial charge in [-0.2, -0.15) is 0 Å². The van der Waals surface area contributed by atoms with Crippen molar-refractivity contribution in [2.45, 2.75) is 90.2 Å². The first-order valence-electron chi connectivity index (χ1n) is 8.97. The highest BCUT2D eigenvalue weighted by atomic mass is 16.5. The molecule has 1 N–H and O–H groups in total. The highest BCUT2D eigenvalue weighted by molar-refractivity contribution is 4.90. The lowest BCUT2D eigenvalue weighted by Crippen LogP contribution is -2.48. The molecule has 2 unspecified atom stereocenters. The Labute approximate surface area is 126 Å². The molecule has 118 valence electrons. The average Bonchev–Trinajstić information content (AvgIpc) is 2.44. The summed E-state index contributed by atoms with van der Waals surface area (Å²) >= 11 is 0. The molecule has 2 saturated carbocycles. The van der Waals surface area contributed by atoms with Crippen LogP contribution in [0.3, 0.4) is 0 Å². The molecule has 0 bridgehead atoms. The summed E-state index contributed by atoms with van der Waals surface area (Å²) in [5.74, 6) is 1.65. The summed E-state index contributed by atoms with van der Waals surface area (Å²) in [6.07, 6.45) is 12.3. The second kappa shape index (κ2) is 7.79. The highest BCUT2D eigenvalue weighted by Crippen LogP contribution is 2.36. The van der Waals surface area contributed by atoms with E-state index in [9.17, 15) is 0 Å². The molecule has 0 spiro atoms. The van der Waals surface area contributed by atoms with Crippen molar-refractivity contribution < 1.29 is 4.74 Å². The van der Waals surface area contributed by atoms with Crippen molar-refractivity contribution in [3.63, 3.8) is 0 Å². The van der Waals surface area contributed by atoms with E-state index in [1.165, 1.54) is 57.8 Å². The Balaban J connectivity index is 1.87. The lowest BCUT2D eigenvalue weighted by Gasteiger charge is -2.42. The minimum Gasteiger partial charge on any atom is -0.373 e. The van der Waals surface area contributed by atoms with Crippen LogP contribution in [-0.2, 0) is 4.74 Å². The van der Waals surface area contributed by atoms with Gasteiger partial charge in [0, 0.05) is 12.6 Å². The zero-order valence-electron chi connectivity index (χ0n) is 13.9. The van der Waals surface area contributed by atoms with Crippen LogP contribution in [0.1, 0.15) is 78.6 Å². The van der Waals surface area contributed by atoms with Crippen molar-refractivity contribution in [2.24, 2.45) is 11.8 Å². The van der Waals surface area contributed by atoms with Crippen LogP contribution in [0.5, 0.6) is 0 Å². The Morgan fingerprint density at radius 3 is 2.50 bits per heavy atom. The van der Waals surface area contributed by atoms with Gasteiger partial charge in [-0.3, -0.25) is 0 Å². The maximum Gasteiger partial charge on any atom is 0.0809 e. The number of rotatable bonds is 6. The first-order valence-corrected chi connectivity index (χ1v) is 8.97. The molecule has 0 aliphatic heterocycles. The second-order valence-corrected chi connectivity index (χ2v) is 7.74. The topological polar surface area (TPSA) is 21.3 Å². The molecule has 2 aliphatic rings. The zero-order chi connectivity index (χ0) is 14.4. The summed E-state index contributed by atoms with van der Waals surface area (Å²) in [5, 5.41) is 3.64. The van der Waals surface area contributed by atoms with Gasteiger partial charge >= 0.3 is 0 Å². The smallest absolute Gasteiger partial charge is 0.0809 e. The Hall–Kier alpha value is -0.0800. The van der Waals surface area contributed by atoms with Crippen LogP contribution < -0.4 is 5.32 Å². The van der Waals surface area contributed by atoms with E-state index in [1.807, 2.05) is 0 Å². The van der Waals surface area contributed by atoms with Crippen LogP contribution in [0.25, 0.3) is 0 Å². The van der Waals surface area contributed by atoms with Crippen molar-refractivity contribution in [3.05, 3.63) is 0 Å². The molecule has 2 fully saturated rings. The number of hydrogen-bond donors (Lipinski definition) is 1. The van der Waals surface area contributed by atoms with Gasteiger partial charge in [-0.05, 0) is 37.5 Å². The van der Waals surface area contributed by atoms with Gasteiger partial charge in [0.05, 0.1) is 12.2 Å². The maximum absolute atomic E-state index is 6.57. The van der Waals surface area contributed by atoms with Crippen molar-refractivity contribution in [1.82, 2.24) is 5.32 Å². The van der Waals surface area contributed by atoms with E-state index in [0.717, 1.165) is 25.0 Å². The quantitative estimate of drug-likeness (QED) is 0.772. The molecule has 2 nitrogen and oxygen atoms in total. The maximum atomic E-state index is 6.57. The summed E-state index contributed by atoms with van der Waals surface area (Å²) < 4.78 is 6.57. The Morgan fingerprint density at radius 2 is 1.85 bits per heavy atom. The Bertz CT molecular complexity index is 273. The third kappa shape index (κ3) is 5.04. The predicted octanol–water partition coefficient (Wildman–Crippen LogP) is 4.53. The van der Waals surface area contributed by atoms with Gasteiger partial charge in [0.25, 0.3) is 0 Å². The monoisotopic (exact) mass is 281 g/mol. The lowest BCUT2D eigenvalue weighted by molar-refractivity contribution is -0.0953. The van der Waals surface area contributed by atoms with E-state index in [2.05, 4.69) is 26.1 Å². The van der Waals surface area contributed by atoms with E-state index in [0.29, 0.717) is 6.04 Å². The van der Waals surface area contributed by atoms with E-state index in [1.54, 1.807) is 0 Å². The third-order valence-electron chi connectivity index (χ3n) is 5.23. The van der Waals surface area contributed by atoms with Crippen LogP contribution in [0, 0.1) is 11.8 Å². The van der Waals surface area contributed by atoms with Crippen LogP contribution in [0.15, 0.2) is 0 Å². The normalized spacial score (nSPS) is 32.7. The van der Waals surface area contributed by atoms with Crippen molar-refractivity contribution in [2.75, 3.05) is 13.2 Å². The molecule has 0 aromatic heterocycles. The lowest BCUT2D eigenvalue weighted by atomic mass is 9.78. The fourth-order valence-corrected chi connectivity index (χ4v) is 3.99. The standard InChI is InChI=1S/C18H35NO/c1-15(2)19-14-18(11-7-8-16(3)12-18)20-13-17-9-5-4-6-10-17/h15-17,19H,4-14H2,1-3H3. The summed E-state index contributed by atoms with van der Waals surface area (Å²) in [6, 6.07) is 0.558. The van der Waals surface area contributed by atoms with Gasteiger partial charge in [-0.15, -0.1) is 0 Å². The van der Waals surface area contributed by atoms with Crippen LogP contribution >= 0.6 is 0 Å². The third-order valence-corrected chi connectivity index (χ3v) is 5.23. The van der Waals surface area contributed by atoms with Gasteiger partial charge in [0.1, 0.15) is 0 Å². The largest absolute Gasteiger partial charge is 0.373 e. The molecule has 0 aromatic carbocycles. The molecule has 0 saturated heterocycles. The summed E-state index contributed by atoms with van der Waals surface area (Å²) in [7, 11) is 0. The molecule has 2 atom stereocenters. The molecular weight excluding hydrogens is 246 g/mol. The van der Waals surface area contributed by atoms with E-state index in [-0.39, 0.29) is 5.60 Å². The first kappa shape index (κ1) is 16.3. The molecule has 0 amide bonds. The molecule has 20 heavy (non-hydrogen) atoms. The molecule has 2 aliphatic carbocycles. The first-order chi connectivity index (χ1) is 9.60. The van der Waals surface area contributed by atoms with Gasteiger partial charge in [0.2, 0.25) is 0 Å². The molecular formula is C18H35NO. The van der Waals surface area contributed by atoms with Gasteiger partial charge in [0.15, 0.2) is 0 Å². The van der Waals surface area contributed by atoms with E-state index >= 15 is 0 Å². The van der Waals surface area contributed by atoms with Crippen molar-refractivity contribution >= 4 is 0 Å². The van der Waals surface area contributed by atoms with E-state index in [4.69, 9.17) is 4.74 Å². The molecule has 2 heteroatoms. The highest BCUT2D eigenvalue weighted by Gasteiger charge is 2.36. The van der Waals surface area contributed by atoms with Crippen molar-refractivity contribution in [3.8, 4) is 0 Å². The Kier molecular flexibility index (Phi) is 6.35. The SMILES string of the molecule is CC1CCCC(CNC(C)C)(OCC2CCCCC2)C1. The Morgan fingerprint density at radius 1 is 1.10 bits per heavy atom. The molecule has 0 radical (unpaired) electrons. The summed E-state index contributed by atoms with van der Waals surface area (Å²) in [4.78, 5) is 0.